The van der Waals surface area contributed by atoms with Crippen LogP contribution >= 0.6 is 34.3 Å². The molecule has 0 aliphatic rings. The third-order valence-electron chi connectivity index (χ3n) is 3.29. The first-order chi connectivity index (χ1) is 11.7. The molecule has 0 aliphatic carbocycles. The summed E-state index contributed by atoms with van der Waals surface area (Å²) in [7, 11) is 0. The van der Waals surface area contributed by atoms with Gasteiger partial charge in [-0.25, -0.2) is 9.97 Å². The summed E-state index contributed by atoms with van der Waals surface area (Å²) in [6.07, 6.45) is 3.37. The summed E-state index contributed by atoms with van der Waals surface area (Å²) in [6, 6.07) is 9.27. The van der Waals surface area contributed by atoms with E-state index in [4.69, 9.17) is 11.6 Å². The topological polar surface area (TPSA) is 67.8 Å². The number of hydrogen-bond acceptors (Lipinski definition) is 6. The van der Waals surface area contributed by atoms with Crippen LogP contribution in [0.5, 0.6) is 0 Å². The summed E-state index contributed by atoms with van der Waals surface area (Å²) in [6.45, 7) is 0. The molecule has 0 radical (unpaired) electrons. The maximum atomic E-state index is 12.5. The lowest BCUT2D eigenvalue weighted by Crippen LogP contribution is -2.10. The van der Waals surface area contributed by atoms with Crippen LogP contribution in [0.2, 0.25) is 5.15 Å². The molecule has 0 bridgehead atoms. The van der Waals surface area contributed by atoms with E-state index in [1.165, 1.54) is 22.7 Å². The van der Waals surface area contributed by atoms with Crippen molar-refractivity contribution in [3.8, 4) is 10.6 Å². The van der Waals surface area contributed by atoms with Crippen molar-refractivity contribution >= 4 is 56.1 Å². The number of benzene rings is 1. The van der Waals surface area contributed by atoms with Crippen molar-refractivity contribution in [1.29, 1.82) is 0 Å². The Morgan fingerprint density at radius 2 is 2.17 bits per heavy atom. The minimum atomic E-state index is -0.281. The molecule has 4 aromatic rings. The second-order valence-electron chi connectivity index (χ2n) is 4.87. The summed E-state index contributed by atoms with van der Waals surface area (Å²) in [4.78, 5) is 25.4. The molecule has 24 heavy (non-hydrogen) atoms. The molecule has 0 spiro atoms. The van der Waals surface area contributed by atoms with Gasteiger partial charge in [0.25, 0.3) is 5.91 Å². The number of hydrogen-bond donors (Lipinski definition) is 1. The number of thiazole rings is 2. The number of amides is 1. The van der Waals surface area contributed by atoms with E-state index in [-0.39, 0.29) is 11.1 Å². The van der Waals surface area contributed by atoms with E-state index in [0.29, 0.717) is 15.6 Å². The van der Waals surface area contributed by atoms with E-state index in [0.717, 1.165) is 15.8 Å². The maximum absolute atomic E-state index is 12.5. The lowest BCUT2D eigenvalue weighted by atomic mass is 10.3. The Balaban J connectivity index is 1.61. The predicted molar refractivity (Wildman–Crippen MR) is 97.9 cm³/mol. The van der Waals surface area contributed by atoms with Crippen LogP contribution in [0.1, 0.15) is 9.67 Å². The quantitative estimate of drug-likeness (QED) is 0.565. The van der Waals surface area contributed by atoms with Crippen molar-refractivity contribution in [1.82, 2.24) is 15.0 Å². The third-order valence-corrected chi connectivity index (χ3v) is 5.57. The standard InChI is InChI=1S/C16H9ClN4OS2/c17-14-13(24-16(21-14)9-2-1-5-18-7-9)15(22)20-10-3-4-11-12(6-10)23-8-19-11/h1-8H,(H,20,22). The number of nitrogens with one attached hydrogen (secondary N) is 1. The summed E-state index contributed by atoms with van der Waals surface area (Å²) in [5.74, 6) is -0.281. The van der Waals surface area contributed by atoms with Crippen molar-refractivity contribution < 1.29 is 4.79 Å². The van der Waals surface area contributed by atoms with Crippen LogP contribution < -0.4 is 5.32 Å². The van der Waals surface area contributed by atoms with Crippen LogP contribution in [0, 0.1) is 0 Å². The van der Waals surface area contributed by atoms with E-state index in [1.807, 2.05) is 30.3 Å². The van der Waals surface area contributed by atoms with Gasteiger partial charge in [0, 0.05) is 23.6 Å². The largest absolute Gasteiger partial charge is 0.321 e. The van der Waals surface area contributed by atoms with Crippen molar-refractivity contribution in [2.45, 2.75) is 0 Å². The maximum Gasteiger partial charge on any atom is 0.268 e. The van der Waals surface area contributed by atoms with E-state index in [1.54, 1.807) is 17.9 Å². The Bertz CT molecular complexity index is 1030. The molecule has 1 N–H and O–H groups in total. The first-order valence-electron chi connectivity index (χ1n) is 6.92. The van der Waals surface area contributed by atoms with Crippen molar-refractivity contribution in [2.24, 2.45) is 0 Å². The number of carbonyl (C=O) groups is 1. The molecule has 0 saturated carbocycles. The van der Waals surface area contributed by atoms with Gasteiger partial charge >= 0.3 is 0 Å². The molecular formula is C16H9ClN4OS2. The minimum Gasteiger partial charge on any atom is -0.321 e. The van der Waals surface area contributed by atoms with Crippen molar-refractivity contribution in [2.75, 3.05) is 5.32 Å². The van der Waals surface area contributed by atoms with Crippen LogP contribution in [0.25, 0.3) is 20.8 Å². The Morgan fingerprint density at radius 1 is 1.25 bits per heavy atom. The summed E-state index contributed by atoms with van der Waals surface area (Å²) < 4.78 is 1.01. The molecule has 118 valence electrons. The van der Waals surface area contributed by atoms with Gasteiger partial charge in [-0.05, 0) is 30.3 Å². The highest BCUT2D eigenvalue weighted by molar-refractivity contribution is 7.17. The summed E-state index contributed by atoms with van der Waals surface area (Å²) >= 11 is 8.91. The lowest BCUT2D eigenvalue weighted by molar-refractivity contribution is 0.103. The lowest BCUT2D eigenvalue weighted by Gasteiger charge is -2.03. The number of anilines is 1. The van der Waals surface area contributed by atoms with Crippen LogP contribution in [-0.4, -0.2) is 20.9 Å². The fourth-order valence-corrected chi connectivity index (χ4v) is 4.07. The molecule has 3 heterocycles. The van der Waals surface area contributed by atoms with Gasteiger partial charge in [-0.3, -0.25) is 9.78 Å². The Labute approximate surface area is 150 Å². The molecule has 0 atom stereocenters. The second kappa shape index (κ2) is 6.27. The number of rotatable bonds is 3. The van der Waals surface area contributed by atoms with Crippen molar-refractivity contribution in [3.63, 3.8) is 0 Å². The first kappa shape index (κ1) is 15.2. The molecule has 8 heteroatoms. The highest BCUT2D eigenvalue weighted by Gasteiger charge is 2.18. The highest BCUT2D eigenvalue weighted by atomic mass is 35.5. The van der Waals surface area contributed by atoms with Gasteiger partial charge in [0.1, 0.15) is 9.88 Å². The third kappa shape index (κ3) is 2.89. The van der Waals surface area contributed by atoms with Crippen LogP contribution in [0.15, 0.2) is 48.2 Å². The Morgan fingerprint density at radius 3 is 3.00 bits per heavy atom. The zero-order valence-corrected chi connectivity index (χ0v) is 14.5. The van der Waals surface area contributed by atoms with Gasteiger partial charge in [-0.15, -0.1) is 22.7 Å². The van der Waals surface area contributed by atoms with E-state index in [2.05, 4.69) is 20.3 Å². The summed E-state index contributed by atoms with van der Waals surface area (Å²) in [5, 5.41) is 3.71. The molecule has 0 aliphatic heterocycles. The van der Waals surface area contributed by atoms with Crippen LogP contribution in [0.4, 0.5) is 5.69 Å². The molecule has 4 rings (SSSR count). The van der Waals surface area contributed by atoms with E-state index in [9.17, 15) is 4.79 Å². The van der Waals surface area contributed by atoms with Crippen LogP contribution in [-0.2, 0) is 0 Å². The molecule has 0 unspecified atom stereocenters. The number of aromatic nitrogens is 3. The van der Waals surface area contributed by atoms with Gasteiger partial charge in [0.15, 0.2) is 5.15 Å². The molecule has 1 amide bonds. The van der Waals surface area contributed by atoms with Gasteiger partial charge < -0.3 is 5.32 Å². The van der Waals surface area contributed by atoms with Crippen molar-refractivity contribution in [3.05, 3.63) is 58.3 Å². The SMILES string of the molecule is O=C(Nc1ccc2ncsc2c1)c1sc(-c2cccnc2)nc1Cl. The normalized spacial score (nSPS) is 10.9. The average molecular weight is 373 g/mol. The highest BCUT2D eigenvalue weighted by Crippen LogP contribution is 2.31. The number of carbonyl (C=O) groups excluding carboxylic acids is 1. The molecule has 3 aromatic heterocycles. The fraction of sp³-hybridized carbons (Fsp3) is 0. The molecule has 0 saturated heterocycles. The molecule has 0 fully saturated rings. The average Bonchev–Trinajstić information content (AvgIpc) is 3.21. The summed E-state index contributed by atoms with van der Waals surface area (Å²) in [5.41, 5.74) is 4.21. The van der Waals surface area contributed by atoms with Crippen LogP contribution in [0.3, 0.4) is 0 Å². The monoisotopic (exact) mass is 372 g/mol. The van der Waals surface area contributed by atoms with Gasteiger partial charge in [0.05, 0.1) is 15.7 Å². The molecule has 1 aromatic carbocycles. The number of nitrogens with zero attached hydrogens (tertiary/aromatic N) is 3. The Kier molecular flexibility index (Phi) is 3.97. The first-order valence-corrected chi connectivity index (χ1v) is 8.99. The van der Waals surface area contributed by atoms with Gasteiger partial charge in [0.2, 0.25) is 0 Å². The number of fused-ring (bicyclic) bond motifs is 1. The minimum absolute atomic E-state index is 0.190. The van der Waals surface area contributed by atoms with E-state index >= 15 is 0 Å². The van der Waals surface area contributed by atoms with Gasteiger partial charge in [-0.2, -0.15) is 0 Å². The zero-order chi connectivity index (χ0) is 16.5. The smallest absolute Gasteiger partial charge is 0.268 e. The predicted octanol–water partition coefficient (Wildman–Crippen LogP) is 4.72. The Hall–Kier alpha value is -2.35. The number of pyridine rings is 1. The molecular weight excluding hydrogens is 364 g/mol. The zero-order valence-electron chi connectivity index (χ0n) is 12.1. The number of halogens is 1. The fourth-order valence-electron chi connectivity index (χ4n) is 2.18. The van der Waals surface area contributed by atoms with Gasteiger partial charge in [-0.1, -0.05) is 11.6 Å². The van der Waals surface area contributed by atoms with E-state index < -0.39 is 0 Å². The molecule has 5 nitrogen and oxygen atoms in total. The second-order valence-corrected chi connectivity index (χ2v) is 7.11.